The molecule has 1 unspecified atom stereocenters. The number of halogens is 1. The van der Waals surface area contributed by atoms with E-state index in [0.29, 0.717) is 29.4 Å². The Kier molecular flexibility index (Phi) is 3.31. The lowest BCUT2D eigenvalue weighted by atomic mass is 10.2. The van der Waals surface area contributed by atoms with Gasteiger partial charge in [-0.1, -0.05) is 23.7 Å². The molecule has 0 radical (unpaired) electrons. The zero-order valence-electron chi connectivity index (χ0n) is 8.48. The van der Waals surface area contributed by atoms with E-state index in [1.54, 1.807) is 18.2 Å². The van der Waals surface area contributed by atoms with Crippen molar-refractivity contribution in [3.8, 4) is 5.75 Å². The van der Waals surface area contributed by atoms with Crippen LogP contribution in [0.25, 0.3) is 0 Å². The second-order valence-corrected chi connectivity index (χ2v) is 3.86. The van der Waals surface area contributed by atoms with Crippen molar-refractivity contribution in [3.05, 3.63) is 28.8 Å². The lowest BCUT2D eigenvalue weighted by Crippen LogP contribution is -2.22. The molecule has 5 heteroatoms. The van der Waals surface area contributed by atoms with E-state index in [0.717, 1.165) is 0 Å². The van der Waals surface area contributed by atoms with E-state index in [1.165, 1.54) is 0 Å². The van der Waals surface area contributed by atoms with Crippen molar-refractivity contribution in [2.45, 2.75) is 19.1 Å². The van der Waals surface area contributed by atoms with Crippen LogP contribution in [-0.2, 0) is 16.1 Å². The van der Waals surface area contributed by atoms with Gasteiger partial charge >= 0.3 is 5.97 Å². The van der Waals surface area contributed by atoms with Crippen LogP contribution in [0, 0.1) is 0 Å². The molecule has 0 spiro atoms. The first-order chi connectivity index (χ1) is 7.72. The van der Waals surface area contributed by atoms with Crippen molar-refractivity contribution in [1.82, 2.24) is 0 Å². The highest BCUT2D eigenvalue weighted by atomic mass is 35.5. The molecule has 1 aromatic rings. The molecule has 1 aromatic carbocycles. The first kappa shape index (κ1) is 11.2. The summed E-state index contributed by atoms with van der Waals surface area (Å²) in [7, 11) is 0. The molecule has 1 saturated heterocycles. The number of aliphatic hydroxyl groups is 1. The number of cyclic esters (lactones) is 1. The van der Waals surface area contributed by atoms with Crippen LogP contribution in [-0.4, -0.2) is 23.8 Å². The minimum atomic E-state index is -0.620. The van der Waals surface area contributed by atoms with Crippen LogP contribution in [0.15, 0.2) is 18.2 Å². The number of para-hydroxylation sites is 1. The molecule has 1 fully saturated rings. The van der Waals surface area contributed by atoms with Crippen molar-refractivity contribution in [2.75, 3.05) is 6.61 Å². The summed E-state index contributed by atoms with van der Waals surface area (Å²) >= 11 is 5.95. The maximum absolute atomic E-state index is 11.2. The van der Waals surface area contributed by atoms with E-state index < -0.39 is 6.10 Å². The van der Waals surface area contributed by atoms with Crippen LogP contribution >= 0.6 is 11.6 Å². The molecule has 1 aliphatic rings. The first-order valence-electron chi connectivity index (χ1n) is 4.94. The molecule has 0 amide bonds. The molecule has 1 aliphatic heterocycles. The fraction of sp³-hybridized carbons (Fsp3) is 0.364. The largest absolute Gasteiger partial charge is 0.477 e. The van der Waals surface area contributed by atoms with Gasteiger partial charge in [-0.25, -0.2) is 4.79 Å². The Morgan fingerprint density at radius 2 is 2.38 bits per heavy atom. The molecule has 16 heavy (non-hydrogen) atoms. The smallest absolute Gasteiger partial charge is 0.347 e. The maximum Gasteiger partial charge on any atom is 0.347 e. The summed E-state index contributed by atoms with van der Waals surface area (Å²) in [6.45, 7) is 0.181. The summed E-state index contributed by atoms with van der Waals surface area (Å²) < 4.78 is 10.3. The molecular formula is C11H11ClO4. The van der Waals surface area contributed by atoms with Gasteiger partial charge in [-0.3, -0.25) is 0 Å². The van der Waals surface area contributed by atoms with Crippen molar-refractivity contribution < 1.29 is 19.4 Å². The molecule has 0 aromatic heterocycles. The molecule has 0 saturated carbocycles. The third-order valence-electron chi connectivity index (χ3n) is 2.37. The Balaban J connectivity index is 2.22. The van der Waals surface area contributed by atoms with E-state index >= 15 is 0 Å². The number of aliphatic hydroxyl groups excluding tert-OH is 1. The average molecular weight is 243 g/mol. The SMILES string of the molecule is O=C1OCCC1Oc1c(Cl)cccc1CO. The summed E-state index contributed by atoms with van der Waals surface area (Å²) in [5.41, 5.74) is 0.562. The number of esters is 1. The maximum atomic E-state index is 11.2. The van der Waals surface area contributed by atoms with Gasteiger partial charge in [-0.15, -0.1) is 0 Å². The van der Waals surface area contributed by atoms with Gasteiger partial charge < -0.3 is 14.6 Å². The van der Waals surface area contributed by atoms with Crippen LogP contribution in [0.4, 0.5) is 0 Å². The zero-order chi connectivity index (χ0) is 11.5. The summed E-state index contributed by atoms with van der Waals surface area (Å²) in [6, 6.07) is 5.06. The van der Waals surface area contributed by atoms with Gasteiger partial charge in [-0.05, 0) is 6.07 Å². The van der Waals surface area contributed by atoms with Gasteiger partial charge in [-0.2, -0.15) is 0 Å². The van der Waals surface area contributed by atoms with Crippen molar-refractivity contribution in [2.24, 2.45) is 0 Å². The fourth-order valence-corrected chi connectivity index (χ4v) is 1.78. The second-order valence-electron chi connectivity index (χ2n) is 3.45. The topological polar surface area (TPSA) is 55.8 Å². The molecule has 0 bridgehead atoms. The number of carbonyl (C=O) groups excluding carboxylic acids is 1. The third kappa shape index (κ3) is 2.13. The fourth-order valence-electron chi connectivity index (χ4n) is 1.54. The van der Waals surface area contributed by atoms with Crippen LogP contribution < -0.4 is 4.74 Å². The summed E-state index contributed by atoms with van der Waals surface area (Å²) in [4.78, 5) is 11.2. The normalized spacial score (nSPS) is 19.6. The van der Waals surface area contributed by atoms with Crippen LogP contribution in [0.2, 0.25) is 5.02 Å². The van der Waals surface area contributed by atoms with Crippen LogP contribution in [0.1, 0.15) is 12.0 Å². The Bertz CT molecular complexity index is 405. The number of hydrogen-bond acceptors (Lipinski definition) is 4. The minimum Gasteiger partial charge on any atom is -0.477 e. The highest BCUT2D eigenvalue weighted by Gasteiger charge is 2.29. The number of carbonyl (C=O) groups is 1. The molecule has 1 heterocycles. The lowest BCUT2D eigenvalue weighted by molar-refractivity contribution is -0.143. The molecule has 1 N–H and O–H groups in total. The highest BCUT2D eigenvalue weighted by Crippen LogP contribution is 2.30. The van der Waals surface area contributed by atoms with Gasteiger partial charge in [0.15, 0.2) is 6.10 Å². The van der Waals surface area contributed by atoms with Gasteiger partial charge in [0.25, 0.3) is 0 Å². The van der Waals surface area contributed by atoms with Crippen molar-refractivity contribution in [1.29, 1.82) is 0 Å². The lowest BCUT2D eigenvalue weighted by Gasteiger charge is -2.14. The predicted octanol–water partition coefficient (Wildman–Crippen LogP) is 1.53. The zero-order valence-corrected chi connectivity index (χ0v) is 9.24. The molecule has 1 atom stereocenters. The van der Waals surface area contributed by atoms with Crippen LogP contribution in [0.3, 0.4) is 0 Å². The highest BCUT2D eigenvalue weighted by molar-refractivity contribution is 6.32. The minimum absolute atomic E-state index is 0.183. The second kappa shape index (κ2) is 4.72. The van der Waals surface area contributed by atoms with Crippen LogP contribution in [0.5, 0.6) is 5.75 Å². The Hall–Kier alpha value is -1.26. The Morgan fingerprint density at radius 3 is 3.00 bits per heavy atom. The van der Waals surface area contributed by atoms with Gasteiger partial charge in [0.2, 0.25) is 0 Å². The molecular weight excluding hydrogens is 232 g/mol. The van der Waals surface area contributed by atoms with E-state index in [4.69, 9.17) is 26.2 Å². The Morgan fingerprint density at radius 1 is 1.56 bits per heavy atom. The third-order valence-corrected chi connectivity index (χ3v) is 2.66. The van der Waals surface area contributed by atoms with Gasteiger partial charge in [0.05, 0.1) is 18.2 Å². The number of benzene rings is 1. The van der Waals surface area contributed by atoms with Crippen molar-refractivity contribution in [3.63, 3.8) is 0 Å². The Labute approximate surface area is 97.7 Å². The quantitative estimate of drug-likeness (QED) is 0.817. The summed E-state index contributed by atoms with van der Waals surface area (Å²) in [5.74, 6) is -0.0284. The predicted molar refractivity (Wildman–Crippen MR) is 57.4 cm³/mol. The number of ether oxygens (including phenoxy) is 2. The molecule has 86 valence electrons. The van der Waals surface area contributed by atoms with E-state index in [-0.39, 0.29) is 12.6 Å². The van der Waals surface area contributed by atoms with E-state index in [9.17, 15) is 4.79 Å². The summed E-state index contributed by atoms with van der Waals surface area (Å²) in [5, 5.41) is 9.51. The van der Waals surface area contributed by atoms with Gasteiger partial charge in [0, 0.05) is 12.0 Å². The molecule has 0 aliphatic carbocycles. The standard InChI is InChI=1S/C11H11ClO4/c12-8-3-1-2-7(6-13)10(8)16-9-4-5-15-11(9)14/h1-3,9,13H,4-6H2. The summed E-state index contributed by atoms with van der Waals surface area (Å²) in [6.07, 6.45) is -0.111. The number of hydrogen-bond donors (Lipinski definition) is 1. The molecule has 2 rings (SSSR count). The monoisotopic (exact) mass is 242 g/mol. The first-order valence-corrected chi connectivity index (χ1v) is 5.31. The van der Waals surface area contributed by atoms with E-state index in [1.807, 2.05) is 0 Å². The van der Waals surface area contributed by atoms with Crippen molar-refractivity contribution >= 4 is 17.6 Å². The molecule has 4 nitrogen and oxygen atoms in total. The number of rotatable bonds is 3. The average Bonchev–Trinajstić information content (AvgIpc) is 2.67. The van der Waals surface area contributed by atoms with E-state index in [2.05, 4.69) is 0 Å². The van der Waals surface area contributed by atoms with Gasteiger partial charge in [0.1, 0.15) is 5.75 Å².